The van der Waals surface area contributed by atoms with E-state index in [1.54, 1.807) is 6.92 Å². The first kappa shape index (κ1) is 89.2. The zero-order valence-corrected chi connectivity index (χ0v) is 56.2. The number of halogens is 4. The summed E-state index contributed by atoms with van der Waals surface area (Å²) in [5.74, 6) is -1.38. The van der Waals surface area contributed by atoms with Gasteiger partial charge in [0.25, 0.3) is 11.4 Å². The third-order valence-corrected chi connectivity index (χ3v) is 15.1. The summed E-state index contributed by atoms with van der Waals surface area (Å²) in [4.78, 5) is 72.0. The normalized spacial score (nSPS) is 13.6. The number of aliphatic hydroxyl groups excluding tert-OH is 1. The smallest absolute Gasteiger partial charge is 0.408 e. The third-order valence-electron chi connectivity index (χ3n) is 9.27. The number of hydrogen-bond acceptors (Lipinski definition) is 26. The van der Waals surface area contributed by atoms with Gasteiger partial charge in [-0.2, -0.15) is 0 Å². The number of alkyl halides is 1. The summed E-state index contributed by atoms with van der Waals surface area (Å²) in [7, 11) is -1.57. The highest BCUT2D eigenvalue weighted by molar-refractivity contribution is 8.05. The van der Waals surface area contributed by atoms with Crippen molar-refractivity contribution in [2.75, 3.05) is 69.7 Å². The number of ether oxygens (including phenoxy) is 6. The van der Waals surface area contributed by atoms with Crippen LogP contribution >= 0.6 is 75.8 Å². The highest BCUT2D eigenvalue weighted by Crippen LogP contribution is 2.56. The minimum atomic E-state index is -3.85. The zero-order chi connectivity index (χ0) is 67.4. The Bertz CT molecular complexity index is 2810. The van der Waals surface area contributed by atoms with Crippen LogP contribution in [0.2, 0.25) is 0 Å². The number of nitrogens with one attached hydrogen (secondary N) is 3. The van der Waals surface area contributed by atoms with Crippen molar-refractivity contribution in [1.29, 1.82) is 0 Å². The van der Waals surface area contributed by atoms with Crippen LogP contribution in [0.1, 0.15) is 38.8 Å². The third kappa shape index (κ3) is 44.2. The molecule has 0 aliphatic rings. The van der Waals surface area contributed by atoms with Gasteiger partial charge in [0.05, 0.1) is 51.5 Å². The number of non-ortho nitro benzene ring substituents is 2. The predicted octanol–water partition coefficient (Wildman–Crippen LogP) is 9.34. The lowest BCUT2D eigenvalue weighted by Gasteiger charge is -2.20. The Hall–Kier alpha value is -5.24. The SMILES string of the molecule is COC(=O)[C@H](C)N.COC(=O)[C@H](C)NP(=O)(O)OC.COC(=O)[C@H](C)NP(=O)(OC)OCOc1ccc([N+](=O)[O-])cc1.COC(=O)[C@H](C)NP(=O)(OC)OCc1ccccc1.COP(=O)(Cl)Cl.Cl.O=[N+]([O-])c1ccc(OCCl)cc1.OCc1ccccc1. The summed E-state index contributed by atoms with van der Waals surface area (Å²) in [6, 6.07) is 26.7. The fraction of sp³-hybridized carbons (Fsp3) is 0.417. The Morgan fingerprint density at radius 2 is 0.886 bits per heavy atom. The molecule has 0 heterocycles. The lowest BCUT2D eigenvalue weighted by Crippen LogP contribution is -2.33. The van der Waals surface area contributed by atoms with E-state index < -0.39 is 88.0 Å². The second kappa shape index (κ2) is 49.5. The van der Waals surface area contributed by atoms with Gasteiger partial charge in [0, 0.05) is 52.7 Å². The van der Waals surface area contributed by atoms with Crippen LogP contribution in [0.5, 0.6) is 11.5 Å². The van der Waals surface area contributed by atoms with Gasteiger partial charge in [-0.05, 0) is 85.6 Å². The van der Waals surface area contributed by atoms with E-state index in [4.69, 9.17) is 77.4 Å². The number of benzene rings is 4. The van der Waals surface area contributed by atoms with Gasteiger partial charge in [-0.25, -0.2) is 29.0 Å². The average molecular weight is 1420 g/mol. The van der Waals surface area contributed by atoms with Gasteiger partial charge in [0.1, 0.15) is 35.7 Å². The van der Waals surface area contributed by atoms with E-state index in [1.165, 1.54) is 112 Å². The molecule has 7 N–H and O–H groups in total. The largest absolute Gasteiger partial charge is 0.478 e. The van der Waals surface area contributed by atoms with Crippen molar-refractivity contribution in [3.63, 3.8) is 0 Å². The number of methoxy groups -OCH3 is 4. The predicted molar refractivity (Wildman–Crippen MR) is 327 cm³/mol. The number of carbonyl (C=O) groups excluding carboxylic acids is 4. The molecule has 0 fully saturated rings. The molecule has 0 saturated carbocycles. The van der Waals surface area contributed by atoms with Crippen molar-refractivity contribution in [1.82, 2.24) is 15.3 Å². The molecule has 0 aliphatic heterocycles. The van der Waals surface area contributed by atoms with E-state index in [0.717, 1.165) is 25.3 Å². The van der Waals surface area contributed by atoms with Gasteiger partial charge in [0.15, 0.2) is 12.9 Å². The molecule has 40 heteroatoms. The molecule has 4 aromatic rings. The quantitative estimate of drug-likeness (QED) is 0.00648. The maximum absolute atomic E-state index is 12.2. The van der Waals surface area contributed by atoms with Gasteiger partial charge in [-0.15, -0.1) is 12.4 Å². The van der Waals surface area contributed by atoms with Crippen LogP contribution in [-0.2, 0) is 96.7 Å². The van der Waals surface area contributed by atoms with E-state index >= 15 is 0 Å². The molecule has 0 aromatic heterocycles. The first-order valence-corrected chi connectivity index (χ1v) is 32.7. The highest BCUT2D eigenvalue weighted by Gasteiger charge is 2.31. The van der Waals surface area contributed by atoms with E-state index in [0.29, 0.717) is 5.75 Å². The van der Waals surface area contributed by atoms with Crippen LogP contribution in [0.4, 0.5) is 11.4 Å². The lowest BCUT2D eigenvalue weighted by molar-refractivity contribution is -0.385. The number of rotatable bonds is 26. The number of carbonyl (C=O) groups is 4. The fourth-order valence-electron chi connectivity index (χ4n) is 4.80. The molecule has 7 atom stereocenters. The molecular weight excluding hydrogens is 1340 g/mol. The van der Waals surface area contributed by atoms with Crippen molar-refractivity contribution in [2.45, 2.75) is 65.1 Å². The zero-order valence-electron chi connectivity index (χ0n) is 49.5. The van der Waals surface area contributed by atoms with E-state index in [-0.39, 0.29) is 54.8 Å². The summed E-state index contributed by atoms with van der Waals surface area (Å²) in [5.41, 5.74) is 6.84. The highest BCUT2D eigenvalue weighted by atomic mass is 35.9. The van der Waals surface area contributed by atoms with Crippen molar-refractivity contribution < 1.29 is 113 Å². The molecule has 0 spiro atoms. The van der Waals surface area contributed by atoms with E-state index in [1.807, 2.05) is 60.7 Å². The van der Waals surface area contributed by atoms with Gasteiger partial charge in [0.2, 0.25) is 0 Å². The minimum Gasteiger partial charge on any atom is -0.478 e. The van der Waals surface area contributed by atoms with Crippen LogP contribution in [0.15, 0.2) is 109 Å². The molecule has 4 rings (SSSR count). The number of hydrogen-bond donors (Lipinski definition) is 6. The Kier molecular flexibility index (Phi) is 50.2. The second-order valence-electron chi connectivity index (χ2n) is 15.6. The topological polar surface area (TPSA) is 436 Å². The maximum atomic E-state index is 12.2. The molecule has 0 radical (unpaired) electrons. The average Bonchev–Trinajstić information content (AvgIpc) is 3.62. The van der Waals surface area contributed by atoms with E-state index in [2.05, 4.69) is 43.3 Å². The number of nitro benzene ring substituents is 2. The summed E-state index contributed by atoms with van der Waals surface area (Å²) >= 11 is 14.9. The van der Waals surface area contributed by atoms with Crippen LogP contribution < -0.4 is 30.5 Å². The van der Waals surface area contributed by atoms with Crippen LogP contribution in [-0.4, -0.2) is 138 Å². The van der Waals surface area contributed by atoms with Gasteiger partial charge in [-0.3, -0.25) is 53.0 Å². The first-order chi connectivity index (χ1) is 40.6. The summed E-state index contributed by atoms with van der Waals surface area (Å²) in [6.07, 6.45) is -3.20. The van der Waals surface area contributed by atoms with E-state index in [9.17, 15) is 57.7 Å². The Morgan fingerprint density at radius 1 is 0.545 bits per heavy atom. The lowest BCUT2D eigenvalue weighted by atomic mass is 10.2. The Balaban J connectivity index is -0.000000490. The first-order valence-electron chi connectivity index (χ1n) is 24.1. The summed E-state index contributed by atoms with van der Waals surface area (Å²) in [6.45, 7) is 5.72. The summed E-state index contributed by atoms with van der Waals surface area (Å²) < 4.78 is 101. The monoisotopic (exact) mass is 1410 g/mol. The molecule has 0 saturated heterocycles. The molecule has 3 unspecified atom stereocenters. The number of nitrogens with zero attached hydrogens (tertiary/aromatic N) is 2. The van der Waals surface area contributed by atoms with Gasteiger partial charge in [-0.1, -0.05) is 72.3 Å². The molecule has 0 bridgehead atoms. The number of esters is 4. The number of nitrogens with two attached hydrogens (primary N) is 1. The number of nitro groups is 2. The maximum Gasteiger partial charge on any atom is 0.408 e. The number of aliphatic hydroxyl groups is 1. The van der Waals surface area contributed by atoms with Crippen molar-refractivity contribution in [3.8, 4) is 11.5 Å². The fourth-order valence-corrected chi connectivity index (χ4v) is 7.87. The van der Waals surface area contributed by atoms with Crippen molar-refractivity contribution in [3.05, 3.63) is 141 Å². The van der Waals surface area contributed by atoms with Crippen LogP contribution in [0, 0.1) is 20.2 Å². The Morgan fingerprint density at radius 3 is 1.16 bits per heavy atom. The standard InChI is InChI=1S/C12H17N2O8P.C12H18NO5P.C7H6ClNO3.C7H8O.C5H12NO5P.C4H9NO2.CH3Cl2O2P.ClH/c1-9(12(15)19-2)13-23(18,20-3)22-8-21-11-6-4-10(5-7-11)14(16)17;1-10(12(14)16-2)13-19(15,17-3)18-9-11-7-5-4-6-8-11;8-5-12-7-3-1-6(2-4-7)9(10)11;8-6-7-4-2-1-3-5-7;1-4(5(7)10-2)6-12(8,9)11-3;1-3(5)4(6)7-2;1-5-6(2,3)4;/h4-7,9H,8H2,1-3H3,(H,13,18);4-8,10H,9H2,1-3H3,(H,13,15);1-4H,5H2;1-5,8H,6H2;4H,1-3H3,(H2,6,8,9);3H,5H2,1-2H3;1H3;1H/t9-,23?;10-,19?;;;4-;3-;;/m00..00../s1. The molecular formula is C48H74Cl4N6O26P4. The van der Waals surface area contributed by atoms with Gasteiger partial charge >= 0.3 is 53.2 Å². The Labute approximate surface area is 529 Å². The molecule has 4 aromatic carbocycles. The molecule has 32 nitrogen and oxygen atoms in total. The minimum absolute atomic E-state index is 0. The van der Waals surface area contributed by atoms with Gasteiger partial charge < -0.3 is 62.2 Å². The molecule has 88 heavy (non-hydrogen) atoms. The van der Waals surface area contributed by atoms with Crippen LogP contribution in [0.25, 0.3) is 0 Å². The van der Waals surface area contributed by atoms with Crippen LogP contribution in [0.3, 0.4) is 0 Å². The second-order valence-corrected chi connectivity index (χ2v) is 25.7. The summed E-state index contributed by atoms with van der Waals surface area (Å²) in [5, 5.41) is 36.2. The molecule has 0 amide bonds. The van der Waals surface area contributed by atoms with Crippen molar-refractivity contribution >= 4 is 111 Å². The van der Waals surface area contributed by atoms with Crippen molar-refractivity contribution in [2.24, 2.45) is 5.73 Å². The molecule has 500 valence electrons. The molecule has 0 aliphatic carbocycles.